The molecule has 0 aromatic heterocycles. The fraction of sp³-hybridized carbons (Fsp3) is 0.714. The van der Waals surface area contributed by atoms with Crippen LogP contribution in [0.4, 0.5) is 4.79 Å². The number of ether oxygens (including phenoxy) is 1. The summed E-state index contributed by atoms with van der Waals surface area (Å²) in [6, 6.07) is 0. The monoisotopic (exact) mass is 172 g/mol. The maximum Gasteiger partial charge on any atom is 0.410 e. The van der Waals surface area contributed by atoms with Gasteiger partial charge in [0.15, 0.2) is 0 Å². The van der Waals surface area contributed by atoms with Crippen molar-refractivity contribution in [2.45, 2.75) is 18.4 Å². The van der Waals surface area contributed by atoms with E-state index in [4.69, 9.17) is 5.73 Å². The lowest BCUT2D eigenvalue weighted by Gasteiger charge is -2.23. The van der Waals surface area contributed by atoms with Crippen LogP contribution >= 0.6 is 0 Å². The van der Waals surface area contributed by atoms with Gasteiger partial charge in [0.2, 0.25) is 5.91 Å². The molecule has 1 rings (SSSR count). The molecule has 2 amide bonds. The van der Waals surface area contributed by atoms with Crippen LogP contribution in [0.3, 0.4) is 0 Å². The fourth-order valence-corrected chi connectivity index (χ4v) is 1.18. The topological polar surface area (TPSA) is 72.6 Å². The van der Waals surface area contributed by atoms with Gasteiger partial charge in [-0.05, 0) is 12.8 Å². The minimum Gasteiger partial charge on any atom is -0.453 e. The van der Waals surface area contributed by atoms with Crippen LogP contribution in [0.5, 0.6) is 0 Å². The standard InChI is InChI=1S/C7H12N2O3/c1-9(6(11)12-2)7(3-4-7)5(8)10/h3-4H2,1-2H3,(H2,8,10). The van der Waals surface area contributed by atoms with Crippen LogP contribution in [0, 0.1) is 0 Å². The number of hydrogen-bond acceptors (Lipinski definition) is 3. The number of methoxy groups -OCH3 is 1. The Kier molecular flexibility index (Phi) is 1.95. The van der Waals surface area contributed by atoms with Gasteiger partial charge in [0.05, 0.1) is 7.11 Å². The molecule has 0 saturated heterocycles. The third-order valence-corrected chi connectivity index (χ3v) is 2.27. The molecule has 12 heavy (non-hydrogen) atoms. The van der Waals surface area contributed by atoms with Gasteiger partial charge in [-0.25, -0.2) is 4.79 Å². The Morgan fingerprint density at radius 1 is 1.50 bits per heavy atom. The summed E-state index contributed by atoms with van der Waals surface area (Å²) in [6.07, 6.45) is 0.744. The summed E-state index contributed by atoms with van der Waals surface area (Å²) >= 11 is 0. The van der Waals surface area contributed by atoms with Crippen molar-refractivity contribution in [3.8, 4) is 0 Å². The molecule has 0 heterocycles. The third kappa shape index (κ3) is 1.11. The summed E-state index contributed by atoms with van der Waals surface area (Å²) in [4.78, 5) is 23.2. The first-order valence-electron chi connectivity index (χ1n) is 3.66. The Balaban J connectivity index is 2.69. The first-order chi connectivity index (χ1) is 5.54. The van der Waals surface area contributed by atoms with E-state index in [0.717, 1.165) is 0 Å². The van der Waals surface area contributed by atoms with Crippen molar-refractivity contribution < 1.29 is 14.3 Å². The zero-order valence-electron chi connectivity index (χ0n) is 7.16. The van der Waals surface area contributed by atoms with E-state index in [1.165, 1.54) is 19.1 Å². The average Bonchev–Trinajstić information content (AvgIpc) is 2.81. The van der Waals surface area contributed by atoms with Crippen molar-refractivity contribution >= 4 is 12.0 Å². The highest BCUT2D eigenvalue weighted by Gasteiger charge is 2.54. The molecular weight excluding hydrogens is 160 g/mol. The second-order valence-electron chi connectivity index (χ2n) is 2.92. The summed E-state index contributed by atoms with van der Waals surface area (Å²) in [5.41, 5.74) is 4.37. The molecule has 0 spiro atoms. The molecule has 68 valence electrons. The first kappa shape index (κ1) is 8.83. The highest BCUT2D eigenvalue weighted by Crippen LogP contribution is 2.40. The quantitative estimate of drug-likeness (QED) is 0.621. The predicted molar refractivity (Wildman–Crippen MR) is 41.3 cm³/mol. The molecule has 0 aromatic carbocycles. The molecule has 5 nitrogen and oxygen atoms in total. The summed E-state index contributed by atoms with van der Waals surface area (Å²) in [5, 5.41) is 0. The lowest BCUT2D eigenvalue weighted by Crippen LogP contribution is -2.47. The molecule has 0 bridgehead atoms. The lowest BCUT2D eigenvalue weighted by molar-refractivity contribution is -0.123. The van der Waals surface area contributed by atoms with E-state index in [9.17, 15) is 9.59 Å². The number of hydrogen-bond donors (Lipinski definition) is 1. The van der Waals surface area contributed by atoms with Crippen molar-refractivity contribution in [3.63, 3.8) is 0 Å². The first-order valence-corrected chi connectivity index (χ1v) is 3.66. The molecule has 0 radical (unpaired) electrons. The molecule has 0 aromatic rings. The van der Waals surface area contributed by atoms with E-state index in [-0.39, 0.29) is 0 Å². The van der Waals surface area contributed by atoms with Gasteiger partial charge < -0.3 is 10.5 Å². The number of nitrogens with two attached hydrogens (primary N) is 1. The molecule has 1 fully saturated rings. The van der Waals surface area contributed by atoms with Crippen molar-refractivity contribution in [1.29, 1.82) is 0 Å². The van der Waals surface area contributed by atoms with Gasteiger partial charge in [0.1, 0.15) is 5.54 Å². The Labute approximate surface area is 70.5 Å². The summed E-state index contributed by atoms with van der Waals surface area (Å²) in [5.74, 6) is -0.463. The van der Waals surface area contributed by atoms with Crippen molar-refractivity contribution in [2.24, 2.45) is 5.73 Å². The Bertz CT molecular complexity index is 223. The van der Waals surface area contributed by atoms with Gasteiger partial charge >= 0.3 is 6.09 Å². The number of rotatable bonds is 2. The minimum absolute atomic E-state index is 0.463. The zero-order chi connectivity index (χ0) is 9.35. The van der Waals surface area contributed by atoms with Crippen molar-refractivity contribution in [2.75, 3.05) is 14.2 Å². The zero-order valence-corrected chi connectivity index (χ0v) is 7.16. The van der Waals surface area contributed by atoms with E-state index < -0.39 is 17.5 Å². The molecule has 1 aliphatic rings. The van der Waals surface area contributed by atoms with Crippen LogP contribution in [0.25, 0.3) is 0 Å². The van der Waals surface area contributed by atoms with Crippen LogP contribution in [-0.2, 0) is 9.53 Å². The van der Waals surface area contributed by atoms with Crippen molar-refractivity contribution in [1.82, 2.24) is 4.90 Å². The maximum absolute atomic E-state index is 11.0. The summed E-state index contributed by atoms with van der Waals surface area (Å²) < 4.78 is 4.47. The van der Waals surface area contributed by atoms with E-state index in [1.54, 1.807) is 0 Å². The molecule has 0 atom stereocenters. The molecule has 0 unspecified atom stereocenters. The predicted octanol–water partition coefficient (Wildman–Crippen LogP) is -0.298. The second-order valence-corrected chi connectivity index (χ2v) is 2.92. The van der Waals surface area contributed by atoms with Crippen LogP contribution in [-0.4, -0.2) is 36.6 Å². The Morgan fingerprint density at radius 2 is 2.00 bits per heavy atom. The summed E-state index contributed by atoms with van der Waals surface area (Å²) in [7, 11) is 2.79. The highest BCUT2D eigenvalue weighted by atomic mass is 16.5. The number of amides is 2. The third-order valence-electron chi connectivity index (χ3n) is 2.27. The number of carbonyl (C=O) groups excluding carboxylic acids is 2. The molecule has 2 N–H and O–H groups in total. The largest absolute Gasteiger partial charge is 0.453 e. The average molecular weight is 172 g/mol. The number of likely N-dealkylation sites (N-methyl/N-ethyl adjacent to an activating group) is 1. The fourth-order valence-electron chi connectivity index (χ4n) is 1.18. The van der Waals surface area contributed by atoms with E-state index >= 15 is 0 Å². The number of carbonyl (C=O) groups is 2. The Morgan fingerprint density at radius 3 is 2.25 bits per heavy atom. The van der Waals surface area contributed by atoms with Gasteiger partial charge in [0.25, 0.3) is 0 Å². The van der Waals surface area contributed by atoms with Crippen LogP contribution in [0.15, 0.2) is 0 Å². The van der Waals surface area contributed by atoms with Crippen LogP contribution < -0.4 is 5.73 Å². The van der Waals surface area contributed by atoms with E-state index in [0.29, 0.717) is 12.8 Å². The Hall–Kier alpha value is -1.26. The number of nitrogens with zero attached hydrogens (tertiary/aromatic N) is 1. The van der Waals surface area contributed by atoms with Crippen molar-refractivity contribution in [3.05, 3.63) is 0 Å². The highest BCUT2D eigenvalue weighted by molar-refractivity contribution is 5.91. The molecular formula is C7H12N2O3. The van der Waals surface area contributed by atoms with Gasteiger partial charge in [-0.3, -0.25) is 9.69 Å². The van der Waals surface area contributed by atoms with Gasteiger partial charge in [-0.2, -0.15) is 0 Å². The number of primary amides is 1. The smallest absolute Gasteiger partial charge is 0.410 e. The van der Waals surface area contributed by atoms with E-state index in [1.807, 2.05) is 0 Å². The normalized spacial score (nSPS) is 18.2. The lowest BCUT2D eigenvalue weighted by atomic mass is 10.2. The van der Waals surface area contributed by atoms with Crippen LogP contribution in [0.1, 0.15) is 12.8 Å². The van der Waals surface area contributed by atoms with Gasteiger partial charge in [-0.15, -0.1) is 0 Å². The van der Waals surface area contributed by atoms with Crippen LogP contribution in [0.2, 0.25) is 0 Å². The summed E-state index contributed by atoms with van der Waals surface area (Å²) in [6.45, 7) is 0. The molecule has 1 saturated carbocycles. The SMILES string of the molecule is COC(=O)N(C)C1(C(N)=O)CC1. The minimum atomic E-state index is -0.771. The molecule has 0 aliphatic heterocycles. The van der Waals surface area contributed by atoms with Gasteiger partial charge in [0, 0.05) is 7.05 Å². The maximum atomic E-state index is 11.0. The van der Waals surface area contributed by atoms with Gasteiger partial charge in [-0.1, -0.05) is 0 Å². The van der Waals surface area contributed by atoms with E-state index in [2.05, 4.69) is 4.74 Å². The molecule has 1 aliphatic carbocycles. The molecule has 5 heteroatoms. The second kappa shape index (κ2) is 2.66.